The van der Waals surface area contributed by atoms with Crippen LogP contribution >= 0.6 is 0 Å². The molecule has 0 amide bonds. The Morgan fingerprint density at radius 3 is 2.76 bits per heavy atom. The molecule has 2 aromatic rings. The highest BCUT2D eigenvalue weighted by Gasteiger charge is 2.15. The van der Waals surface area contributed by atoms with Crippen molar-refractivity contribution in [3.8, 4) is 11.5 Å². The third-order valence-electron chi connectivity index (χ3n) is 2.72. The summed E-state index contributed by atoms with van der Waals surface area (Å²) in [5.41, 5.74) is 0.873. The quantitative estimate of drug-likeness (QED) is 0.879. The standard InChI is InChI=1S/C12H17N3O2/c1-7(13-4)5-11-14-12(17-15-11)10-6-8(2)16-9(10)3/h6-7,13H,5H2,1-4H3. The van der Waals surface area contributed by atoms with Crippen LogP contribution in [0, 0.1) is 13.8 Å². The Balaban J connectivity index is 2.21. The summed E-state index contributed by atoms with van der Waals surface area (Å²) < 4.78 is 10.7. The van der Waals surface area contributed by atoms with Crippen LogP contribution in [0.2, 0.25) is 0 Å². The Kier molecular flexibility index (Phi) is 3.28. The maximum Gasteiger partial charge on any atom is 0.261 e. The van der Waals surface area contributed by atoms with Gasteiger partial charge in [0.2, 0.25) is 0 Å². The van der Waals surface area contributed by atoms with E-state index in [-0.39, 0.29) is 0 Å². The maximum absolute atomic E-state index is 5.44. The topological polar surface area (TPSA) is 64.1 Å². The van der Waals surface area contributed by atoms with Crippen LogP contribution in [0.25, 0.3) is 11.5 Å². The minimum Gasteiger partial charge on any atom is -0.466 e. The lowest BCUT2D eigenvalue weighted by Gasteiger charge is -2.04. The summed E-state index contributed by atoms with van der Waals surface area (Å²) in [6.07, 6.45) is 0.746. The first kappa shape index (κ1) is 11.9. The highest BCUT2D eigenvalue weighted by molar-refractivity contribution is 5.55. The molecule has 0 bridgehead atoms. The fourth-order valence-electron chi connectivity index (χ4n) is 1.67. The molecule has 2 aromatic heterocycles. The molecule has 92 valence electrons. The minimum atomic E-state index is 0.327. The van der Waals surface area contributed by atoms with Gasteiger partial charge in [-0.15, -0.1) is 0 Å². The molecule has 1 N–H and O–H groups in total. The highest BCUT2D eigenvalue weighted by Crippen LogP contribution is 2.24. The van der Waals surface area contributed by atoms with Crippen LogP contribution in [0.4, 0.5) is 0 Å². The summed E-state index contributed by atoms with van der Waals surface area (Å²) in [5, 5.41) is 7.10. The third kappa shape index (κ3) is 2.55. The molecule has 2 heterocycles. The van der Waals surface area contributed by atoms with Gasteiger partial charge in [0.15, 0.2) is 5.82 Å². The molecule has 1 unspecified atom stereocenters. The summed E-state index contributed by atoms with van der Waals surface area (Å²) in [6.45, 7) is 5.86. The highest BCUT2D eigenvalue weighted by atomic mass is 16.5. The lowest BCUT2D eigenvalue weighted by molar-refractivity contribution is 0.416. The molecule has 0 radical (unpaired) electrons. The lowest BCUT2D eigenvalue weighted by atomic mass is 10.2. The number of hydrogen-bond acceptors (Lipinski definition) is 5. The van der Waals surface area contributed by atoms with Gasteiger partial charge in [-0.05, 0) is 33.9 Å². The molecule has 0 saturated carbocycles. The summed E-state index contributed by atoms with van der Waals surface area (Å²) in [7, 11) is 1.91. The Morgan fingerprint density at radius 2 is 2.18 bits per heavy atom. The zero-order chi connectivity index (χ0) is 12.4. The van der Waals surface area contributed by atoms with Gasteiger partial charge in [-0.2, -0.15) is 4.98 Å². The van der Waals surface area contributed by atoms with E-state index in [0.29, 0.717) is 17.8 Å². The molecule has 0 spiro atoms. The number of likely N-dealkylation sites (N-methyl/N-ethyl adjacent to an activating group) is 1. The molecule has 0 fully saturated rings. The average Bonchev–Trinajstić information content (AvgIpc) is 2.85. The monoisotopic (exact) mass is 235 g/mol. The molecular formula is C12H17N3O2. The normalized spacial score (nSPS) is 12.9. The molecule has 1 atom stereocenters. The van der Waals surface area contributed by atoms with E-state index < -0.39 is 0 Å². The number of aromatic nitrogens is 2. The Morgan fingerprint density at radius 1 is 1.41 bits per heavy atom. The van der Waals surface area contributed by atoms with Crippen molar-refractivity contribution in [1.82, 2.24) is 15.5 Å². The van der Waals surface area contributed by atoms with Crippen LogP contribution < -0.4 is 5.32 Å². The van der Waals surface area contributed by atoms with Crippen LogP contribution in [0.5, 0.6) is 0 Å². The summed E-state index contributed by atoms with van der Waals surface area (Å²) in [5.74, 6) is 2.89. The van der Waals surface area contributed by atoms with Crippen LogP contribution in [0.3, 0.4) is 0 Å². The van der Waals surface area contributed by atoms with Crippen molar-refractivity contribution in [2.45, 2.75) is 33.2 Å². The molecule has 17 heavy (non-hydrogen) atoms. The molecule has 0 aromatic carbocycles. The van der Waals surface area contributed by atoms with Crippen molar-refractivity contribution in [1.29, 1.82) is 0 Å². The molecule has 5 nitrogen and oxygen atoms in total. The van der Waals surface area contributed by atoms with Gasteiger partial charge >= 0.3 is 0 Å². The number of aryl methyl sites for hydroxylation is 2. The second kappa shape index (κ2) is 4.71. The number of hydrogen-bond donors (Lipinski definition) is 1. The van der Waals surface area contributed by atoms with E-state index in [1.165, 1.54) is 0 Å². The van der Waals surface area contributed by atoms with Crippen LogP contribution in [0.15, 0.2) is 15.0 Å². The predicted octanol–water partition coefficient (Wildman–Crippen LogP) is 2.10. The van der Waals surface area contributed by atoms with E-state index in [4.69, 9.17) is 8.94 Å². The maximum atomic E-state index is 5.44. The van der Waals surface area contributed by atoms with E-state index >= 15 is 0 Å². The van der Waals surface area contributed by atoms with Gasteiger partial charge in [0, 0.05) is 12.5 Å². The van der Waals surface area contributed by atoms with Gasteiger partial charge in [0.05, 0.1) is 5.56 Å². The van der Waals surface area contributed by atoms with E-state index in [0.717, 1.165) is 23.5 Å². The Bertz CT molecular complexity index is 502. The van der Waals surface area contributed by atoms with Crippen molar-refractivity contribution in [3.05, 3.63) is 23.4 Å². The van der Waals surface area contributed by atoms with Crippen LogP contribution in [-0.4, -0.2) is 23.2 Å². The van der Waals surface area contributed by atoms with Crippen molar-refractivity contribution < 1.29 is 8.94 Å². The van der Waals surface area contributed by atoms with E-state index in [2.05, 4.69) is 22.4 Å². The molecular weight excluding hydrogens is 218 g/mol. The average molecular weight is 235 g/mol. The summed E-state index contributed by atoms with van der Waals surface area (Å²) in [4.78, 5) is 4.36. The van der Waals surface area contributed by atoms with Crippen LogP contribution in [-0.2, 0) is 6.42 Å². The van der Waals surface area contributed by atoms with Gasteiger partial charge in [0.25, 0.3) is 5.89 Å². The van der Waals surface area contributed by atoms with Gasteiger partial charge in [0.1, 0.15) is 11.5 Å². The lowest BCUT2D eigenvalue weighted by Crippen LogP contribution is -2.24. The second-order valence-corrected chi connectivity index (χ2v) is 4.24. The molecule has 0 aliphatic heterocycles. The summed E-state index contributed by atoms with van der Waals surface area (Å²) >= 11 is 0. The van der Waals surface area contributed by atoms with E-state index in [1.54, 1.807) is 0 Å². The number of nitrogens with one attached hydrogen (secondary N) is 1. The van der Waals surface area contributed by atoms with Crippen molar-refractivity contribution >= 4 is 0 Å². The van der Waals surface area contributed by atoms with Gasteiger partial charge in [-0.3, -0.25) is 0 Å². The predicted molar refractivity (Wildman–Crippen MR) is 63.7 cm³/mol. The Hall–Kier alpha value is -1.62. The molecule has 0 aliphatic rings. The van der Waals surface area contributed by atoms with Gasteiger partial charge in [-0.25, -0.2) is 0 Å². The largest absolute Gasteiger partial charge is 0.466 e. The number of furan rings is 1. The zero-order valence-corrected chi connectivity index (χ0v) is 10.6. The van der Waals surface area contributed by atoms with Crippen LogP contribution in [0.1, 0.15) is 24.3 Å². The first-order chi connectivity index (χ1) is 8.10. The van der Waals surface area contributed by atoms with Crippen molar-refractivity contribution in [2.75, 3.05) is 7.05 Å². The third-order valence-corrected chi connectivity index (χ3v) is 2.72. The smallest absolute Gasteiger partial charge is 0.261 e. The van der Waals surface area contributed by atoms with Crippen molar-refractivity contribution in [3.63, 3.8) is 0 Å². The van der Waals surface area contributed by atoms with E-state index in [9.17, 15) is 0 Å². The SMILES string of the molecule is CNC(C)Cc1noc(-c2cc(C)oc2C)n1. The molecule has 0 aliphatic carbocycles. The minimum absolute atomic E-state index is 0.327. The fourth-order valence-corrected chi connectivity index (χ4v) is 1.67. The molecule has 5 heteroatoms. The molecule has 0 saturated heterocycles. The van der Waals surface area contributed by atoms with Gasteiger partial charge in [-0.1, -0.05) is 5.16 Å². The first-order valence-corrected chi connectivity index (χ1v) is 5.67. The van der Waals surface area contributed by atoms with Gasteiger partial charge < -0.3 is 14.3 Å². The zero-order valence-electron chi connectivity index (χ0n) is 10.6. The Labute approximate surface area is 100 Å². The van der Waals surface area contributed by atoms with Crippen molar-refractivity contribution in [2.24, 2.45) is 0 Å². The second-order valence-electron chi connectivity index (χ2n) is 4.24. The fraction of sp³-hybridized carbons (Fsp3) is 0.500. The summed E-state index contributed by atoms with van der Waals surface area (Å²) in [6, 6.07) is 2.24. The molecule has 2 rings (SSSR count). The van der Waals surface area contributed by atoms with E-state index in [1.807, 2.05) is 27.0 Å². The first-order valence-electron chi connectivity index (χ1n) is 5.67. The number of rotatable bonds is 4. The number of nitrogens with zero attached hydrogens (tertiary/aromatic N) is 2.